The van der Waals surface area contributed by atoms with E-state index in [1.807, 2.05) is 62.4 Å². The van der Waals surface area contributed by atoms with Crippen LogP contribution >= 0.6 is 0 Å². The van der Waals surface area contributed by atoms with Crippen LogP contribution in [0.1, 0.15) is 19.4 Å². The van der Waals surface area contributed by atoms with Gasteiger partial charge in [-0.25, -0.2) is 0 Å². The van der Waals surface area contributed by atoms with E-state index in [0.717, 1.165) is 16.3 Å². The van der Waals surface area contributed by atoms with E-state index in [4.69, 9.17) is 14.9 Å². The molecular formula is C22H17NO3. The average molecular weight is 343 g/mol. The summed E-state index contributed by atoms with van der Waals surface area (Å²) in [6.07, 6.45) is 3.86. The van der Waals surface area contributed by atoms with Crippen LogP contribution < -0.4 is 15.9 Å². The lowest BCUT2D eigenvalue weighted by molar-refractivity contribution is 0.159. The van der Waals surface area contributed by atoms with Gasteiger partial charge in [-0.05, 0) is 42.8 Å². The molecule has 26 heavy (non-hydrogen) atoms. The molecule has 4 heteroatoms. The Morgan fingerprint density at radius 1 is 1.00 bits per heavy atom. The topological polar surface area (TPSA) is 65.5 Å². The molecule has 0 bridgehead atoms. The fourth-order valence-electron chi connectivity index (χ4n) is 3.66. The molecule has 0 radical (unpaired) electrons. The van der Waals surface area contributed by atoms with Crippen molar-refractivity contribution in [2.24, 2.45) is 0 Å². The predicted octanol–water partition coefficient (Wildman–Crippen LogP) is 4.87. The summed E-state index contributed by atoms with van der Waals surface area (Å²) < 4.78 is 12.1. The molecule has 4 nitrogen and oxygen atoms in total. The van der Waals surface area contributed by atoms with Gasteiger partial charge in [-0.3, -0.25) is 4.79 Å². The first kappa shape index (κ1) is 15.0. The minimum atomic E-state index is -0.430. The number of nitrogens with two attached hydrogens (primary N) is 1. The smallest absolute Gasteiger partial charge is 0.203 e. The average Bonchev–Trinajstić information content (AvgIpc) is 2.60. The third-order valence-corrected chi connectivity index (χ3v) is 4.92. The van der Waals surface area contributed by atoms with Gasteiger partial charge < -0.3 is 14.9 Å². The van der Waals surface area contributed by atoms with Gasteiger partial charge in [-0.1, -0.05) is 30.3 Å². The Hall–Kier alpha value is -3.27. The highest BCUT2D eigenvalue weighted by molar-refractivity contribution is 6.10. The van der Waals surface area contributed by atoms with Crippen molar-refractivity contribution in [3.63, 3.8) is 0 Å². The summed E-state index contributed by atoms with van der Waals surface area (Å²) in [4.78, 5) is 13.3. The predicted molar refractivity (Wildman–Crippen MR) is 106 cm³/mol. The largest absolute Gasteiger partial charge is 0.483 e. The Kier molecular flexibility index (Phi) is 2.82. The second kappa shape index (κ2) is 4.88. The van der Waals surface area contributed by atoms with Crippen LogP contribution in [0.4, 0.5) is 5.69 Å². The van der Waals surface area contributed by atoms with Crippen molar-refractivity contribution >= 4 is 44.5 Å². The zero-order valence-corrected chi connectivity index (χ0v) is 14.5. The van der Waals surface area contributed by atoms with Crippen molar-refractivity contribution in [2.75, 3.05) is 5.73 Å². The van der Waals surface area contributed by atoms with E-state index in [1.54, 1.807) is 6.07 Å². The number of anilines is 1. The van der Waals surface area contributed by atoms with E-state index < -0.39 is 5.60 Å². The summed E-state index contributed by atoms with van der Waals surface area (Å²) in [5.41, 5.74) is 7.94. The second-order valence-corrected chi connectivity index (χ2v) is 7.21. The van der Waals surface area contributed by atoms with Crippen LogP contribution in [0.15, 0.2) is 57.8 Å². The van der Waals surface area contributed by atoms with Gasteiger partial charge in [0.05, 0.1) is 16.5 Å². The molecule has 1 aliphatic rings. The number of nitrogen functional groups attached to an aromatic ring is 1. The van der Waals surface area contributed by atoms with Gasteiger partial charge in [0.15, 0.2) is 0 Å². The highest BCUT2D eigenvalue weighted by Crippen LogP contribution is 2.39. The number of fused-ring (bicyclic) bond motifs is 5. The first-order valence-corrected chi connectivity index (χ1v) is 8.54. The zero-order chi connectivity index (χ0) is 18.1. The molecule has 2 N–H and O–H groups in total. The third kappa shape index (κ3) is 1.99. The van der Waals surface area contributed by atoms with Crippen LogP contribution in [0.5, 0.6) is 5.75 Å². The fraction of sp³-hybridized carbons (Fsp3) is 0.136. The number of rotatable bonds is 0. The molecule has 0 atom stereocenters. The van der Waals surface area contributed by atoms with Gasteiger partial charge >= 0.3 is 0 Å². The van der Waals surface area contributed by atoms with E-state index in [1.165, 1.54) is 0 Å². The summed E-state index contributed by atoms with van der Waals surface area (Å²) >= 11 is 0. The second-order valence-electron chi connectivity index (χ2n) is 7.21. The maximum absolute atomic E-state index is 13.3. The molecule has 5 rings (SSSR count). The standard InChI is InChI=1S/C22H17NO3/c1-22(2)10-9-14-16(26-22)11-17-19(20(14)23)21(24)18-13-6-4-3-5-12(13)7-8-15(18)25-17/h3-11H,23H2,1-2H3. The molecule has 3 aromatic carbocycles. The van der Waals surface area contributed by atoms with E-state index in [2.05, 4.69) is 0 Å². The minimum Gasteiger partial charge on any atom is -0.483 e. The SMILES string of the molecule is CC1(C)C=Cc2c(cc3oc4ccc5ccccc5c4c(=O)c3c2N)O1. The van der Waals surface area contributed by atoms with Gasteiger partial charge in [0.1, 0.15) is 22.5 Å². The monoisotopic (exact) mass is 343 g/mol. The lowest BCUT2D eigenvalue weighted by Crippen LogP contribution is -2.28. The molecule has 0 amide bonds. The van der Waals surface area contributed by atoms with Crippen LogP contribution in [0.3, 0.4) is 0 Å². The van der Waals surface area contributed by atoms with Gasteiger partial charge in [0.25, 0.3) is 0 Å². The zero-order valence-electron chi connectivity index (χ0n) is 14.5. The summed E-state index contributed by atoms with van der Waals surface area (Å²) in [6.45, 7) is 3.94. The van der Waals surface area contributed by atoms with Crippen LogP contribution in [0.25, 0.3) is 38.8 Å². The van der Waals surface area contributed by atoms with E-state index in [9.17, 15) is 4.79 Å². The summed E-state index contributed by atoms with van der Waals surface area (Å²) in [7, 11) is 0. The lowest BCUT2D eigenvalue weighted by atomic mass is 9.98. The number of ether oxygens (including phenoxy) is 1. The highest BCUT2D eigenvalue weighted by Gasteiger charge is 2.26. The molecule has 0 aliphatic carbocycles. The van der Waals surface area contributed by atoms with Crippen molar-refractivity contribution in [2.45, 2.75) is 19.4 Å². The van der Waals surface area contributed by atoms with Gasteiger partial charge in [-0.2, -0.15) is 0 Å². The van der Waals surface area contributed by atoms with Crippen LogP contribution in [0, 0.1) is 0 Å². The normalized spacial score (nSPS) is 15.3. The molecule has 128 valence electrons. The van der Waals surface area contributed by atoms with Gasteiger partial charge in [0, 0.05) is 11.6 Å². The van der Waals surface area contributed by atoms with E-state index in [0.29, 0.717) is 33.4 Å². The molecule has 0 saturated carbocycles. The lowest BCUT2D eigenvalue weighted by Gasteiger charge is -2.28. The van der Waals surface area contributed by atoms with Crippen molar-refractivity contribution in [1.82, 2.24) is 0 Å². The first-order valence-electron chi connectivity index (χ1n) is 8.54. The molecule has 0 spiro atoms. The Balaban J connectivity index is 1.96. The van der Waals surface area contributed by atoms with Crippen molar-refractivity contribution in [1.29, 1.82) is 0 Å². The van der Waals surface area contributed by atoms with E-state index in [-0.39, 0.29) is 5.43 Å². The Morgan fingerprint density at radius 3 is 2.65 bits per heavy atom. The van der Waals surface area contributed by atoms with Gasteiger partial charge in [0.2, 0.25) is 5.43 Å². The van der Waals surface area contributed by atoms with Crippen LogP contribution in [0.2, 0.25) is 0 Å². The molecular weight excluding hydrogens is 326 g/mol. The summed E-state index contributed by atoms with van der Waals surface area (Å²) in [6, 6.07) is 13.3. The molecule has 4 aromatic rings. The van der Waals surface area contributed by atoms with Crippen LogP contribution in [-0.2, 0) is 0 Å². The summed E-state index contributed by atoms with van der Waals surface area (Å²) in [5.74, 6) is 0.630. The van der Waals surface area contributed by atoms with Crippen molar-refractivity contribution in [3.05, 3.63) is 64.3 Å². The molecule has 1 aliphatic heterocycles. The highest BCUT2D eigenvalue weighted by atomic mass is 16.5. The van der Waals surface area contributed by atoms with E-state index >= 15 is 0 Å². The molecule has 0 fully saturated rings. The Labute approximate surface area is 149 Å². The molecule has 0 saturated heterocycles. The quantitative estimate of drug-likeness (QED) is 0.281. The molecule has 0 unspecified atom stereocenters. The first-order chi connectivity index (χ1) is 12.4. The Morgan fingerprint density at radius 2 is 1.81 bits per heavy atom. The summed E-state index contributed by atoms with van der Waals surface area (Å²) in [5, 5.41) is 2.82. The van der Waals surface area contributed by atoms with Crippen molar-refractivity contribution in [3.8, 4) is 5.75 Å². The minimum absolute atomic E-state index is 0.114. The third-order valence-electron chi connectivity index (χ3n) is 4.92. The fourth-order valence-corrected chi connectivity index (χ4v) is 3.66. The Bertz CT molecular complexity index is 1310. The number of benzene rings is 3. The van der Waals surface area contributed by atoms with Crippen LogP contribution in [-0.4, -0.2) is 5.60 Å². The number of hydrogen-bond acceptors (Lipinski definition) is 4. The maximum atomic E-state index is 13.3. The molecule has 1 aromatic heterocycles. The maximum Gasteiger partial charge on any atom is 0.203 e. The number of hydrogen-bond donors (Lipinski definition) is 1. The van der Waals surface area contributed by atoms with Crippen molar-refractivity contribution < 1.29 is 9.15 Å². The van der Waals surface area contributed by atoms with Gasteiger partial charge in [-0.15, -0.1) is 0 Å². The molecule has 2 heterocycles.